The number of hydrogen-bond acceptors (Lipinski definition) is 5. The number of rotatable bonds is 5. The highest BCUT2D eigenvalue weighted by molar-refractivity contribution is 5.93. The summed E-state index contributed by atoms with van der Waals surface area (Å²) < 4.78 is 21.1. The molecule has 0 saturated heterocycles. The molecule has 2 N–H and O–H groups in total. The molecule has 156 valence electrons. The van der Waals surface area contributed by atoms with Crippen LogP contribution in [0.25, 0.3) is 17.0 Å². The van der Waals surface area contributed by atoms with E-state index in [0.717, 1.165) is 19.3 Å². The molecule has 1 aromatic carbocycles. The van der Waals surface area contributed by atoms with Gasteiger partial charge in [0.05, 0.1) is 23.7 Å². The summed E-state index contributed by atoms with van der Waals surface area (Å²) in [6.07, 6.45) is 6.66. The molecular weight excluding hydrogens is 389 g/mol. The van der Waals surface area contributed by atoms with Crippen LogP contribution >= 0.6 is 0 Å². The first kappa shape index (κ1) is 19.8. The van der Waals surface area contributed by atoms with Gasteiger partial charge in [-0.25, -0.2) is 19.2 Å². The summed E-state index contributed by atoms with van der Waals surface area (Å²) in [6.45, 7) is 3.50. The predicted molar refractivity (Wildman–Crippen MR) is 110 cm³/mol. The normalized spacial score (nSPS) is 13.9. The third-order valence-electron chi connectivity index (χ3n) is 4.88. The van der Waals surface area contributed by atoms with Gasteiger partial charge < -0.3 is 10.1 Å². The van der Waals surface area contributed by atoms with E-state index in [0.29, 0.717) is 22.8 Å². The molecule has 1 aliphatic rings. The maximum absolute atomic E-state index is 14.5. The maximum atomic E-state index is 14.5. The monoisotopic (exact) mass is 411 g/mol. The Balaban J connectivity index is 1.57. The fourth-order valence-electron chi connectivity index (χ4n) is 3.15. The average Bonchev–Trinajstić information content (AvgIpc) is 3.04. The molecule has 3 aromatic rings. The number of aromatic nitrogens is 3. The van der Waals surface area contributed by atoms with Crippen molar-refractivity contribution in [2.24, 2.45) is 5.92 Å². The Labute approximate surface area is 172 Å². The predicted octanol–water partition coefficient (Wildman–Crippen LogP) is 4.23. The number of hydrogen-bond donors (Lipinski definition) is 2. The van der Waals surface area contributed by atoms with Crippen molar-refractivity contribution in [2.45, 2.75) is 39.2 Å². The van der Waals surface area contributed by atoms with Crippen molar-refractivity contribution in [3.63, 3.8) is 0 Å². The average molecular weight is 411 g/mol. The highest BCUT2D eigenvalue weighted by Gasteiger charge is 2.25. The van der Waals surface area contributed by atoms with Gasteiger partial charge in [-0.05, 0) is 44.9 Å². The standard InChI is InChI=1S/C21H22FN5O3/c1-12(2)30-21(29)25-15-9-23-20-26-18(11-27(20)10-15)16-8-14(6-7-17(16)22)24-19(28)13-4-3-5-13/h6-13H,3-5H2,1-2H3,(H,24,28)(H,25,29). The number of amides is 2. The Morgan fingerprint density at radius 1 is 1.20 bits per heavy atom. The minimum Gasteiger partial charge on any atom is -0.447 e. The molecule has 4 rings (SSSR count). The minimum absolute atomic E-state index is 0.0335. The van der Waals surface area contributed by atoms with Crippen LogP contribution in [-0.4, -0.2) is 32.5 Å². The van der Waals surface area contributed by atoms with E-state index >= 15 is 0 Å². The molecule has 2 aromatic heterocycles. The number of imidazole rings is 1. The zero-order chi connectivity index (χ0) is 21.3. The van der Waals surface area contributed by atoms with E-state index in [9.17, 15) is 14.0 Å². The van der Waals surface area contributed by atoms with Crippen molar-refractivity contribution in [3.8, 4) is 11.3 Å². The minimum atomic E-state index is -0.590. The Hall–Kier alpha value is -3.49. The third kappa shape index (κ3) is 4.24. The molecular formula is C21H22FN5O3. The smallest absolute Gasteiger partial charge is 0.411 e. The summed E-state index contributed by atoms with van der Waals surface area (Å²) in [5.41, 5.74) is 1.55. The Morgan fingerprint density at radius 2 is 2.00 bits per heavy atom. The second-order valence-electron chi connectivity index (χ2n) is 7.57. The molecule has 1 fully saturated rings. The molecule has 1 saturated carbocycles. The van der Waals surface area contributed by atoms with Crippen LogP contribution in [0.5, 0.6) is 0 Å². The highest BCUT2D eigenvalue weighted by Crippen LogP contribution is 2.29. The van der Waals surface area contributed by atoms with E-state index in [1.165, 1.54) is 18.3 Å². The first-order chi connectivity index (χ1) is 14.4. The second-order valence-corrected chi connectivity index (χ2v) is 7.57. The summed E-state index contributed by atoms with van der Waals surface area (Å²) in [5.74, 6) is -0.124. The first-order valence-corrected chi connectivity index (χ1v) is 9.82. The number of halogens is 1. The van der Waals surface area contributed by atoms with Gasteiger partial charge in [0, 0.05) is 29.6 Å². The lowest BCUT2D eigenvalue weighted by atomic mass is 9.85. The van der Waals surface area contributed by atoms with E-state index < -0.39 is 11.9 Å². The van der Waals surface area contributed by atoms with Gasteiger partial charge in [0.15, 0.2) is 0 Å². The van der Waals surface area contributed by atoms with Crippen molar-refractivity contribution in [1.29, 1.82) is 0 Å². The number of nitrogens with one attached hydrogen (secondary N) is 2. The molecule has 2 amide bonds. The number of fused-ring (bicyclic) bond motifs is 1. The van der Waals surface area contributed by atoms with Crippen LogP contribution in [0.3, 0.4) is 0 Å². The van der Waals surface area contributed by atoms with E-state index in [-0.39, 0.29) is 23.5 Å². The Kier molecular flexibility index (Phi) is 5.35. The number of nitrogens with zero attached hydrogens (tertiary/aromatic N) is 3. The molecule has 0 aliphatic heterocycles. The van der Waals surface area contributed by atoms with Crippen molar-refractivity contribution in [2.75, 3.05) is 10.6 Å². The van der Waals surface area contributed by atoms with E-state index in [2.05, 4.69) is 20.6 Å². The Bertz CT molecular complexity index is 1110. The van der Waals surface area contributed by atoms with Gasteiger partial charge in [-0.2, -0.15) is 0 Å². The second kappa shape index (κ2) is 8.10. The van der Waals surface area contributed by atoms with Gasteiger partial charge in [-0.1, -0.05) is 6.42 Å². The maximum Gasteiger partial charge on any atom is 0.411 e. The molecule has 8 nitrogen and oxygen atoms in total. The first-order valence-electron chi connectivity index (χ1n) is 9.82. The zero-order valence-corrected chi connectivity index (χ0v) is 16.7. The van der Waals surface area contributed by atoms with Gasteiger partial charge in [-0.3, -0.25) is 14.5 Å². The largest absolute Gasteiger partial charge is 0.447 e. The number of anilines is 2. The van der Waals surface area contributed by atoms with Crippen molar-refractivity contribution in [3.05, 3.63) is 42.6 Å². The fraction of sp³-hybridized carbons (Fsp3) is 0.333. The Morgan fingerprint density at radius 3 is 2.70 bits per heavy atom. The van der Waals surface area contributed by atoms with Crippen LogP contribution in [0.15, 0.2) is 36.8 Å². The molecule has 2 heterocycles. The molecule has 0 atom stereocenters. The van der Waals surface area contributed by atoms with E-state index in [4.69, 9.17) is 4.74 Å². The number of carbonyl (C=O) groups excluding carboxylic acids is 2. The highest BCUT2D eigenvalue weighted by atomic mass is 19.1. The van der Waals surface area contributed by atoms with Gasteiger partial charge in [0.2, 0.25) is 11.7 Å². The number of benzene rings is 1. The quantitative estimate of drug-likeness (QED) is 0.655. The third-order valence-corrected chi connectivity index (χ3v) is 4.88. The van der Waals surface area contributed by atoms with Gasteiger partial charge in [0.1, 0.15) is 5.82 Å². The lowest BCUT2D eigenvalue weighted by Gasteiger charge is -2.24. The van der Waals surface area contributed by atoms with Crippen LogP contribution in [0.2, 0.25) is 0 Å². The lowest BCUT2D eigenvalue weighted by molar-refractivity contribution is -0.122. The van der Waals surface area contributed by atoms with Gasteiger partial charge >= 0.3 is 6.09 Å². The summed E-state index contributed by atoms with van der Waals surface area (Å²) >= 11 is 0. The molecule has 0 spiro atoms. The van der Waals surface area contributed by atoms with Crippen LogP contribution in [-0.2, 0) is 9.53 Å². The molecule has 0 bridgehead atoms. The van der Waals surface area contributed by atoms with Crippen LogP contribution in [0.4, 0.5) is 20.6 Å². The zero-order valence-electron chi connectivity index (χ0n) is 16.7. The topological polar surface area (TPSA) is 97.6 Å². The van der Waals surface area contributed by atoms with Crippen molar-refractivity contribution >= 4 is 29.2 Å². The summed E-state index contributed by atoms with van der Waals surface area (Å²) in [7, 11) is 0. The number of carbonyl (C=O) groups is 2. The molecule has 1 aliphatic carbocycles. The van der Waals surface area contributed by atoms with Gasteiger partial charge in [-0.15, -0.1) is 0 Å². The summed E-state index contributed by atoms with van der Waals surface area (Å²) in [4.78, 5) is 32.5. The van der Waals surface area contributed by atoms with E-state index in [1.54, 1.807) is 36.7 Å². The van der Waals surface area contributed by atoms with Crippen LogP contribution in [0, 0.1) is 11.7 Å². The summed E-state index contributed by atoms with van der Waals surface area (Å²) in [6, 6.07) is 4.40. The number of ether oxygens (including phenoxy) is 1. The van der Waals surface area contributed by atoms with Crippen molar-refractivity contribution < 1.29 is 18.7 Å². The van der Waals surface area contributed by atoms with Crippen LogP contribution in [0.1, 0.15) is 33.1 Å². The molecule has 9 heteroatoms. The van der Waals surface area contributed by atoms with Gasteiger partial charge in [0.25, 0.3) is 0 Å². The summed E-state index contributed by atoms with van der Waals surface area (Å²) in [5, 5.41) is 5.43. The molecule has 0 unspecified atom stereocenters. The molecule has 0 radical (unpaired) electrons. The lowest BCUT2D eigenvalue weighted by Crippen LogP contribution is -2.28. The van der Waals surface area contributed by atoms with E-state index in [1.807, 2.05) is 0 Å². The van der Waals surface area contributed by atoms with Crippen molar-refractivity contribution in [1.82, 2.24) is 14.4 Å². The molecule has 30 heavy (non-hydrogen) atoms. The SMILES string of the molecule is CC(C)OC(=O)Nc1cnc2nc(-c3cc(NC(=O)C4CCC4)ccc3F)cn2c1. The van der Waals surface area contributed by atoms with Crippen LogP contribution < -0.4 is 10.6 Å². The fourth-order valence-corrected chi connectivity index (χ4v) is 3.15.